The van der Waals surface area contributed by atoms with Crippen LogP contribution in [0.5, 0.6) is 0 Å². The molecular formula is C31H25NO2. The molecule has 0 aliphatic carbocycles. The van der Waals surface area contributed by atoms with Gasteiger partial charge in [-0.05, 0) is 46.4 Å². The van der Waals surface area contributed by atoms with Gasteiger partial charge >= 0.3 is 6.09 Å². The molecule has 166 valence electrons. The maximum Gasteiger partial charge on any atom is 0.411 e. The van der Waals surface area contributed by atoms with Crippen LogP contribution in [-0.4, -0.2) is 17.5 Å². The molecule has 1 atom stereocenters. The first-order valence-corrected chi connectivity index (χ1v) is 11.5. The van der Waals surface area contributed by atoms with Crippen molar-refractivity contribution in [2.24, 2.45) is 0 Å². The summed E-state index contributed by atoms with van der Waals surface area (Å²) in [7, 11) is 0. The summed E-state index contributed by atoms with van der Waals surface area (Å²) in [6.07, 6.45) is 0.456. The summed E-state index contributed by atoms with van der Waals surface area (Å²) in [5.41, 5.74) is 6.51. The number of fused-ring (bicyclic) bond motifs is 1. The van der Waals surface area contributed by atoms with Crippen LogP contribution >= 0.6 is 0 Å². The van der Waals surface area contributed by atoms with Crippen LogP contribution in [0.1, 0.15) is 28.3 Å². The Morgan fingerprint density at radius 3 is 2.21 bits per heavy atom. The van der Waals surface area contributed by atoms with Crippen molar-refractivity contribution < 1.29 is 9.53 Å². The first kappa shape index (κ1) is 21.6. The van der Waals surface area contributed by atoms with Crippen molar-refractivity contribution in [2.45, 2.75) is 19.1 Å². The van der Waals surface area contributed by atoms with Gasteiger partial charge in [-0.15, -0.1) is 0 Å². The molecule has 4 aromatic rings. The van der Waals surface area contributed by atoms with Gasteiger partial charge in [0, 0.05) is 12.1 Å². The minimum absolute atomic E-state index is 0.249. The van der Waals surface area contributed by atoms with E-state index in [1.807, 2.05) is 72.8 Å². The molecule has 5 rings (SSSR count). The lowest BCUT2D eigenvalue weighted by molar-refractivity contribution is 0.0862. The summed E-state index contributed by atoms with van der Waals surface area (Å²) in [6, 6.07) is 36.1. The van der Waals surface area contributed by atoms with Crippen LogP contribution < -0.4 is 0 Å². The zero-order chi connectivity index (χ0) is 23.2. The predicted octanol–water partition coefficient (Wildman–Crippen LogP) is 6.64. The van der Waals surface area contributed by atoms with Gasteiger partial charge in [-0.2, -0.15) is 0 Å². The van der Waals surface area contributed by atoms with Gasteiger partial charge in [0.2, 0.25) is 0 Å². The summed E-state index contributed by atoms with van der Waals surface area (Å²) < 4.78 is 5.65. The largest absolute Gasteiger partial charge is 0.445 e. The van der Waals surface area contributed by atoms with E-state index in [2.05, 4.69) is 48.2 Å². The predicted molar refractivity (Wildman–Crippen MR) is 135 cm³/mol. The summed E-state index contributed by atoms with van der Waals surface area (Å²) in [6.45, 7) is 0.829. The van der Waals surface area contributed by atoms with Crippen molar-refractivity contribution >= 4 is 6.09 Å². The molecule has 1 amide bonds. The molecule has 34 heavy (non-hydrogen) atoms. The fourth-order valence-electron chi connectivity index (χ4n) is 4.25. The number of hydrogen-bond donors (Lipinski definition) is 0. The average Bonchev–Trinajstić information content (AvgIpc) is 2.91. The van der Waals surface area contributed by atoms with E-state index in [-0.39, 0.29) is 18.7 Å². The second kappa shape index (κ2) is 10.1. The van der Waals surface area contributed by atoms with E-state index in [0.29, 0.717) is 6.54 Å². The van der Waals surface area contributed by atoms with Crippen molar-refractivity contribution in [3.63, 3.8) is 0 Å². The maximum absolute atomic E-state index is 13.0. The molecule has 0 aromatic heterocycles. The highest BCUT2D eigenvalue weighted by atomic mass is 16.6. The SMILES string of the molecule is O=C(OCc1ccccc1)N1CCc2ccccc2C1C#Cc1ccc(-c2ccccc2)cc1. The highest BCUT2D eigenvalue weighted by Crippen LogP contribution is 2.30. The third-order valence-corrected chi connectivity index (χ3v) is 6.07. The summed E-state index contributed by atoms with van der Waals surface area (Å²) >= 11 is 0. The second-order valence-electron chi connectivity index (χ2n) is 8.30. The quantitative estimate of drug-likeness (QED) is 0.332. The van der Waals surface area contributed by atoms with Gasteiger partial charge in [0.15, 0.2) is 0 Å². The third kappa shape index (κ3) is 4.87. The third-order valence-electron chi connectivity index (χ3n) is 6.07. The van der Waals surface area contributed by atoms with E-state index in [0.717, 1.165) is 28.7 Å². The lowest BCUT2D eigenvalue weighted by Crippen LogP contribution is -2.39. The van der Waals surface area contributed by atoms with Crippen molar-refractivity contribution in [3.8, 4) is 23.0 Å². The lowest BCUT2D eigenvalue weighted by Gasteiger charge is -2.33. The van der Waals surface area contributed by atoms with Gasteiger partial charge in [0.05, 0.1) is 0 Å². The first-order chi connectivity index (χ1) is 16.8. The molecule has 1 heterocycles. The van der Waals surface area contributed by atoms with Gasteiger partial charge in [-0.25, -0.2) is 4.79 Å². The fourth-order valence-corrected chi connectivity index (χ4v) is 4.25. The van der Waals surface area contributed by atoms with Gasteiger partial charge in [-0.1, -0.05) is 109 Å². The molecule has 0 N–H and O–H groups in total. The molecule has 0 bridgehead atoms. The number of carbonyl (C=O) groups is 1. The van der Waals surface area contributed by atoms with Crippen LogP contribution in [-0.2, 0) is 17.8 Å². The molecule has 0 radical (unpaired) electrons. The molecule has 0 saturated heterocycles. The summed E-state index contributed by atoms with van der Waals surface area (Å²) in [5.74, 6) is 6.65. The zero-order valence-corrected chi connectivity index (χ0v) is 18.9. The molecule has 1 aliphatic rings. The Morgan fingerprint density at radius 1 is 0.794 bits per heavy atom. The van der Waals surface area contributed by atoms with Crippen LogP contribution in [0, 0.1) is 11.8 Å². The van der Waals surface area contributed by atoms with E-state index in [9.17, 15) is 4.79 Å². The Labute approximate surface area is 200 Å². The molecular weight excluding hydrogens is 418 g/mol. The number of carbonyl (C=O) groups excluding carboxylic acids is 1. The molecule has 0 fully saturated rings. The van der Waals surface area contributed by atoms with Crippen molar-refractivity contribution in [1.29, 1.82) is 0 Å². The second-order valence-corrected chi connectivity index (χ2v) is 8.30. The van der Waals surface area contributed by atoms with Crippen LogP contribution in [0.15, 0.2) is 109 Å². The smallest absolute Gasteiger partial charge is 0.411 e. The topological polar surface area (TPSA) is 29.5 Å². The summed E-state index contributed by atoms with van der Waals surface area (Å²) in [4.78, 5) is 14.8. The van der Waals surface area contributed by atoms with Crippen LogP contribution in [0.3, 0.4) is 0 Å². The van der Waals surface area contributed by atoms with E-state index in [1.165, 1.54) is 11.1 Å². The van der Waals surface area contributed by atoms with E-state index in [1.54, 1.807) is 4.90 Å². The molecule has 4 aromatic carbocycles. The molecule has 1 unspecified atom stereocenters. The number of benzene rings is 4. The van der Waals surface area contributed by atoms with Gasteiger partial charge in [-0.3, -0.25) is 4.90 Å². The molecule has 1 aliphatic heterocycles. The van der Waals surface area contributed by atoms with E-state index in [4.69, 9.17) is 4.74 Å². The van der Waals surface area contributed by atoms with E-state index < -0.39 is 0 Å². The Kier molecular flexibility index (Phi) is 6.40. The van der Waals surface area contributed by atoms with Crippen LogP contribution in [0.2, 0.25) is 0 Å². The molecule has 3 nitrogen and oxygen atoms in total. The number of nitrogens with zero attached hydrogens (tertiary/aromatic N) is 1. The Hall–Kier alpha value is -4.29. The standard InChI is InChI=1S/C31H25NO2/c33-31(34-23-25-9-3-1-4-10-25)32-22-21-28-13-7-8-14-29(28)30(32)20-17-24-15-18-27(19-16-24)26-11-5-2-6-12-26/h1-16,18-19,30H,21-23H2. The number of ether oxygens (including phenoxy) is 1. The average molecular weight is 444 g/mol. The minimum atomic E-state index is -0.345. The lowest BCUT2D eigenvalue weighted by atomic mass is 9.93. The molecule has 0 spiro atoms. The Bertz CT molecular complexity index is 1320. The van der Waals surface area contributed by atoms with Crippen LogP contribution in [0.4, 0.5) is 4.79 Å². The first-order valence-electron chi connectivity index (χ1n) is 11.5. The maximum atomic E-state index is 13.0. The Balaban J connectivity index is 1.38. The van der Waals surface area contributed by atoms with Gasteiger partial charge in [0.1, 0.15) is 12.6 Å². The zero-order valence-electron chi connectivity index (χ0n) is 18.9. The Morgan fingerprint density at radius 2 is 1.44 bits per heavy atom. The normalized spacial score (nSPS) is 14.5. The molecule has 3 heteroatoms. The number of amides is 1. The van der Waals surface area contributed by atoms with Crippen LogP contribution in [0.25, 0.3) is 11.1 Å². The molecule has 0 saturated carbocycles. The van der Waals surface area contributed by atoms with Crippen molar-refractivity contribution in [2.75, 3.05) is 6.54 Å². The highest BCUT2D eigenvalue weighted by molar-refractivity contribution is 5.70. The minimum Gasteiger partial charge on any atom is -0.445 e. The van der Waals surface area contributed by atoms with Crippen molar-refractivity contribution in [3.05, 3.63) is 131 Å². The summed E-state index contributed by atoms with van der Waals surface area (Å²) in [5, 5.41) is 0. The van der Waals surface area contributed by atoms with Gasteiger partial charge < -0.3 is 4.74 Å². The monoisotopic (exact) mass is 443 g/mol. The number of hydrogen-bond acceptors (Lipinski definition) is 2. The fraction of sp³-hybridized carbons (Fsp3) is 0.129. The van der Waals surface area contributed by atoms with E-state index >= 15 is 0 Å². The van der Waals surface area contributed by atoms with Crippen molar-refractivity contribution in [1.82, 2.24) is 4.90 Å². The van der Waals surface area contributed by atoms with Gasteiger partial charge in [0.25, 0.3) is 0 Å². The number of rotatable bonds is 3. The highest BCUT2D eigenvalue weighted by Gasteiger charge is 2.30.